The molecule has 5 nitrogen and oxygen atoms in total. The van der Waals surface area contributed by atoms with Crippen molar-refractivity contribution in [3.8, 4) is 11.5 Å². The number of carbonyl (C=O) groups is 1. The van der Waals surface area contributed by atoms with Crippen LogP contribution in [0.1, 0.15) is 5.56 Å². The van der Waals surface area contributed by atoms with E-state index in [0.29, 0.717) is 11.5 Å². The summed E-state index contributed by atoms with van der Waals surface area (Å²) in [5.41, 5.74) is 2.66. The molecule has 1 heterocycles. The van der Waals surface area contributed by atoms with Gasteiger partial charge in [0.15, 0.2) is 11.5 Å². The van der Waals surface area contributed by atoms with Gasteiger partial charge in [0, 0.05) is 17.1 Å². The standard InChI is InChI=1S/C18H18N2O3/c1-22-16-7-6-12(10-17(16)23-2)11-18(21)20-15-5-3-4-14-13(15)8-9-19-14/h3-10,19H,11H2,1-2H3,(H,20,21). The number of fused-ring (bicyclic) bond motifs is 1. The molecule has 0 bridgehead atoms. The average molecular weight is 310 g/mol. The van der Waals surface area contributed by atoms with Gasteiger partial charge in [0.2, 0.25) is 5.91 Å². The molecule has 0 fully saturated rings. The highest BCUT2D eigenvalue weighted by atomic mass is 16.5. The lowest BCUT2D eigenvalue weighted by Crippen LogP contribution is -2.14. The first-order valence-corrected chi connectivity index (χ1v) is 7.28. The van der Waals surface area contributed by atoms with Crippen LogP contribution in [0.25, 0.3) is 10.9 Å². The van der Waals surface area contributed by atoms with E-state index < -0.39 is 0 Å². The van der Waals surface area contributed by atoms with Gasteiger partial charge in [0.05, 0.1) is 26.3 Å². The molecule has 0 spiro atoms. The number of methoxy groups -OCH3 is 2. The minimum absolute atomic E-state index is 0.0779. The number of carbonyl (C=O) groups excluding carboxylic acids is 1. The molecule has 0 aliphatic rings. The lowest BCUT2D eigenvalue weighted by Gasteiger charge is -2.10. The van der Waals surface area contributed by atoms with E-state index in [1.165, 1.54) is 0 Å². The fourth-order valence-electron chi connectivity index (χ4n) is 2.56. The summed E-state index contributed by atoms with van der Waals surface area (Å²) in [7, 11) is 3.16. The van der Waals surface area contributed by atoms with E-state index in [4.69, 9.17) is 9.47 Å². The van der Waals surface area contributed by atoms with Crippen molar-refractivity contribution >= 4 is 22.5 Å². The lowest BCUT2D eigenvalue weighted by molar-refractivity contribution is -0.115. The van der Waals surface area contributed by atoms with Crippen molar-refractivity contribution in [3.63, 3.8) is 0 Å². The molecule has 23 heavy (non-hydrogen) atoms. The number of benzene rings is 2. The van der Waals surface area contributed by atoms with Crippen molar-refractivity contribution < 1.29 is 14.3 Å². The molecule has 5 heteroatoms. The molecule has 0 aliphatic carbocycles. The van der Waals surface area contributed by atoms with E-state index in [9.17, 15) is 4.79 Å². The lowest BCUT2D eigenvalue weighted by atomic mass is 10.1. The van der Waals surface area contributed by atoms with E-state index in [0.717, 1.165) is 22.2 Å². The van der Waals surface area contributed by atoms with Crippen molar-refractivity contribution in [1.29, 1.82) is 0 Å². The van der Waals surface area contributed by atoms with Crippen LogP contribution in [0.5, 0.6) is 11.5 Å². The van der Waals surface area contributed by atoms with Crippen LogP contribution in [0.15, 0.2) is 48.7 Å². The number of amides is 1. The zero-order valence-corrected chi connectivity index (χ0v) is 13.1. The summed E-state index contributed by atoms with van der Waals surface area (Å²) < 4.78 is 10.5. The SMILES string of the molecule is COc1ccc(CC(=O)Nc2cccc3[nH]ccc23)cc1OC. The van der Waals surface area contributed by atoms with Crippen LogP contribution >= 0.6 is 0 Å². The Balaban J connectivity index is 1.76. The van der Waals surface area contributed by atoms with E-state index in [-0.39, 0.29) is 12.3 Å². The maximum absolute atomic E-state index is 12.3. The van der Waals surface area contributed by atoms with Gasteiger partial charge >= 0.3 is 0 Å². The summed E-state index contributed by atoms with van der Waals surface area (Å²) in [5.74, 6) is 1.19. The molecule has 118 valence electrons. The third-order valence-electron chi connectivity index (χ3n) is 3.68. The number of hydrogen-bond donors (Lipinski definition) is 2. The highest BCUT2D eigenvalue weighted by Gasteiger charge is 2.10. The van der Waals surface area contributed by atoms with Crippen LogP contribution in [0, 0.1) is 0 Å². The summed E-state index contributed by atoms with van der Waals surface area (Å²) in [5, 5.41) is 3.95. The second-order valence-corrected chi connectivity index (χ2v) is 5.16. The maximum Gasteiger partial charge on any atom is 0.228 e. The summed E-state index contributed by atoms with van der Waals surface area (Å²) in [6, 6.07) is 13.2. The monoisotopic (exact) mass is 310 g/mol. The number of aromatic nitrogens is 1. The molecule has 3 rings (SSSR count). The number of anilines is 1. The quantitative estimate of drug-likeness (QED) is 0.759. The van der Waals surface area contributed by atoms with Crippen molar-refractivity contribution in [3.05, 3.63) is 54.2 Å². The first-order chi connectivity index (χ1) is 11.2. The molecule has 3 aromatic rings. The van der Waals surface area contributed by atoms with Crippen LogP contribution in [0.4, 0.5) is 5.69 Å². The Kier molecular flexibility index (Phi) is 4.19. The summed E-state index contributed by atoms with van der Waals surface area (Å²) >= 11 is 0. The number of aromatic amines is 1. The fraction of sp³-hybridized carbons (Fsp3) is 0.167. The Morgan fingerprint density at radius 1 is 1.09 bits per heavy atom. The van der Waals surface area contributed by atoms with Crippen LogP contribution < -0.4 is 14.8 Å². The van der Waals surface area contributed by atoms with E-state index in [2.05, 4.69) is 10.3 Å². The highest BCUT2D eigenvalue weighted by molar-refractivity contribution is 6.01. The molecule has 2 N–H and O–H groups in total. The third kappa shape index (κ3) is 3.13. The topological polar surface area (TPSA) is 63.3 Å². The Hall–Kier alpha value is -2.95. The molecule has 0 saturated heterocycles. The van der Waals surface area contributed by atoms with Crippen molar-refractivity contribution in [2.75, 3.05) is 19.5 Å². The Morgan fingerprint density at radius 3 is 2.70 bits per heavy atom. The predicted octanol–water partition coefficient (Wildman–Crippen LogP) is 3.37. The molecule has 1 amide bonds. The van der Waals surface area contributed by atoms with Gasteiger partial charge in [-0.3, -0.25) is 4.79 Å². The number of hydrogen-bond acceptors (Lipinski definition) is 3. The van der Waals surface area contributed by atoms with Gasteiger partial charge in [-0.15, -0.1) is 0 Å². The van der Waals surface area contributed by atoms with Gasteiger partial charge in [-0.2, -0.15) is 0 Å². The van der Waals surface area contributed by atoms with Crippen molar-refractivity contribution in [2.45, 2.75) is 6.42 Å². The van der Waals surface area contributed by atoms with Crippen LogP contribution in [0.3, 0.4) is 0 Å². The van der Waals surface area contributed by atoms with Crippen molar-refractivity contribution in [1.82, 2.24) is 4.98 Å². The molecule has 0 radical (unpaired) electrons. The highest BCUT2D eigenvalue weighted by Crippen LogP contribution is 2.28. The van der Waals surface area contributed by atoms with Crippen molar-refractivity contribution in [2.24, 2.45) is 0 Å². The number of nitrogens with one attached hydrogen (secondary N) is 2. The minimum Gasteiger partial charge on any atom is -0.493 e. The van der Waals surface area contributed by atoms with Gasteiger partial charge in [0.1, 0.15) is 0 Å². The van der Waals surface area contributed by atoms with Gasteiger partial charge < -0.3 is 19.8 Å². The smallest absolute Gasteiger partial charge is 0.228 e. The molecule has 0 atom stereocenters. The minimum atomic E-state index is -0.0779. The van der Waals surface area contributed by atoms with Gasteiger partial charge in [0.25, 0.3) is 0 Å². The van der Waals surface area contributed by atoms with Crippen LogP contribution in [0.2, 0.25) is 0 Å². The summed E-state index contributed by atoms with van der Waals surface area (Å²) in [4.78, 5) is 15.4. The van der Waals surface area contributed by atoms with Crippen LogP contribution in [-0.4, -0.2) is 25.1 Å². The Morgan fingerprint density at radius 2 is 1.91 bits per heavy atom. The Bertz CT molecular complexity index is 839. The molecule has 0 unspecified atom stereocenters. The zero-order chi connectivity index (χ0) is 16.2. The molecule has 0 saturated carbocycles. The number of rotatable bonds is 5. The maximum atomic E-state index is 12.3. The molecule has 2 aromatic carbocycles. The van der Waals surface area contributed by atoms with Gasteiger partial charge in [-0.25, -0.2) is 0 Å². The van der Waals surface area contributed by atoms with E-state index in [1.807, 2.05) is 42.6 Å². The van der Waals surface area contributed by atoms with Gasteiger partial charge in [-0.1, -0.05) is 12.1 Å². The second-order valence-electron chi connectivity index (χ2n) is 5.16. The average Bonchev–Trinajstić information content (AvgIpc) is 3.04. The summed E-state index contributed by atoms with van der Waals surface area (Å²) in [6.07, 6.45) is 2.12. The molecule has 1 aromatic heterocycles. The Labute approximate surface area is 134 Å². The largest absolute Gasteiger partial charge is 0.493 e. The van der Waals surface area contributed by atoms with Crippen LogP contribution in [-0.2, 0) is 11.2 Å². The molecular weight excluding hydrogens is 292 g/mol. The number of ether oxygens (including phenoxy) is 2. The zero-order valence-electron chi connectivity index (χ0n) is 13.1. The first-order valence-electron chi connectivity index (χ1n) is 7.28. The normalized spacial score (nSPS) is 10.5. The second kappa shape index (κ2) is 6.44. The fourth-order valence-corrected chi connectivity index (χ4v) is 2.56. The van der Waals surface area contributed by atoms with E-state index in [1.54, 1.807) is 20.3 Å². The predicted molar refractivity (Wildman–Crippen MR) is 90.2 cm³/mol. The summed E-state index contributed by atoms with van der Waals surface area (Å²) in [6.45, 7) is 0. The molecule has 0 aliphatic heterocycles. The number of H-pyrrole nitrogens is 1. The molecular formula is C18H18N2O3. The van der Waals surface area contributed by atoms with Gasteiger partial charge in [-0.05, 0) is 35.9 Å². The third-order valence-corrected chi connectivity index (χ3v) is 3.68. The van der Waals surface area contributed by atoms with E-state index >= 15 is 0 Å². The first kappa shape index (κ1) is 15.0.